The summed E-state index contributed by atoms with van der Waals surface area (Å²) in [7, 11) is 0. The molecule has 0 unspecified atom stereocenters. The molecule has 0 aromatic carbocycles. The minimum absolute atomic E-state index is 0. The molecule has 4 nitrogen and oxygen atoms in total. The van der Waals surface area contributed by atoms with Crippen molar-refractivity contribution in [1.82, 2.24) is 9.97 Å². The molecular formula is C14H24Cl2N4. The molecule has 0 amide bonds. The van der Waals surface area contributed by atoms with Crippen molar-refractivity contribution in [2.24, 2.45) is 17.6 Å². The highest BCUT2D eigenvalue weighted by atomic mass is 35.5. The molecule has 114 valence electrons. The Kier molecular flexibility index (Phi) is 6.05. The van der Waals surface area contributed by atoms with Crippen LogP contribution in [0.5, 0.6) is 0 Å². The van der Waals surface area contributed by atoms with Crippen molar-refractivity contribution in [2.75, 3.05) is 18.0 Å². The first kappa shape index (κ1) is 17.5. The van der Waals surface area contributed by atoms with Crippen molar-refractivity contribution in [3.05, 3.63) is 17.6 Å². The summed E-state index contributed by atoms with van der Waals surface area (Å²) < 4.78 is 0. The van der Waals surface area contributed by atoms with E-state index in [-0.39, 0.29) is 24.8 Å². The predicted molar refractivity (Wildman–Crippen MR) is 87.0 cm³/mol. The van der Waals surface area contributed by atoms with Crippen LogP contribution in [0.15, 0.2) is 6.20 Å². The van der Waals surface area contributed by atoms with Gasteiger partial charge >= 0.3 is 0 Å². The van der Waals surface area contributed by atoms with Crippen LogP contribution in [0.25, 0.3) is 0 Å². The first-order valence-electron chi connectivity index (χ1n) is 7.02. The van der Waals surface area contributed by atoms with Gasteiger partial charge < -0.3 is 10.6 Å². The number of hydrogen-bond acceptors (Lipinski definition) is 4. The first-order chi connectivity index (χ1) is 8.69. The zero-order valence-electron chi connectivity index (χ0n) is 12.1. The quantitative estimate of drug-likeness (QED) is 0.929. The Morgan fingerprint density at radius 3 is 2.60 bits per heavy atom. The maximum absolute atomic E-state index is 6.29. The van der Waals surface area contributed by atoms with E-state index in [1.165, 1.54) is 18.4 Å². The van der Waals surface area contributed by atoms with E-state index in [0.717, 1.165) is 37.1 Å². The third-order valence-electron chi connectivity index (χ3n) is 4.28. The molecule has 0 spiro atoms. The van der Waals surface area contributed by atoms with E-state index in [1.54, 1.807) is 0 Å². The lowest BCUT2D eigenvalue weighted by Gasteiger charge is -2.20. The summed E-state index contributed by atoms with van der Waals surface area (Å²) in [6.45, 7) is 6.14. The molecule has 2 fully saturated rings. The predicted octanol–water partition coefficient (Wildman–Crippen LogP) is 2.36. The van der Waals surface area contributed by atoms with Crippen LogP contribution in [0, 0.1) is 18.8 Å². The lowest BCUT2D eigenvalue weighted by Crippen LogP contribution is -2.30. The van der Waals surface area contributed by atoms with Crippen LogP contribution in [0.4, 0.5) is 5.82 Å². The second-order valence-electron chi connectivity index (χ2n) is 5.69. The van der Waals surface area contributed by atoms with E-state index in [2.05, 4.69) is 21.8 Å². The Morgan fingerprint density at radius 1 is 1.30 bits per heavy atom. The number of rotatable bonds is 3. The summed E-state index contributed by atoms with van der Waals surface area (Å²) in [4.78, 5) is 11.3. The normalized spacial score (nSPS) is 25.1. The van der Waals surface area contributed by atoms with Crippen molar-refractivity contribution < 1.29 is 0 Å². The number of nitrogens with two attached hydrogens (primary N) is 1. The largest absolute Gasteiger partial charge is 0.354 e. The molecule has 1 aliphatic heterocycles. The SMILES string of the molecule is CCc1cnc(C)nc1N1C[C@H](C2CC2)[C@@H](N)C1.Cl.Cl. The fraction of sp³-hybridized carbons (Fsp3) is 0.714. The van der Waals surface area contributed by atoms with Crippen molar-refractivity contribution in [2.45, 2.75) is 39.2 Å². The third-order valence-corrected chi connectivity index (χ3v) is 4.28. The van der Waals surface area contributed by atoms with Gasteiger partial charge in [0.25, 0.3) is 0 Å². The maximum Gasteiger partial charge on any atom is 0.135 e. The van der Waals surface area contributed by atoms with Crippen molar-refractivity contribution in [1.29, 1.82) is 0 Å². The van der Waals surface area contributed by atoms with Crippen molar-refractivity contribution >= 4 is 30.6 Å². The Hall–Kier alpha value is -0.580. The van der Waals surface area contributed by atoms with Gasteiger partial charge in [0.1, 0.15) is 11.6 Å². The number of aromatic nitrogens is 2. The summed E-state index contributed by atoms with van der Waals surface area (Å²) in [5.41, 5.74) is 7.53. The average molecular weight is 319 g/mol. The van der Waals surface area contributed by atoms with Gasteiger partial charge in [0.2, 0.25) is 0 Å². The Bertz CT molecular complexity index is 451. The Morgan fingerprint density at radius 2 is 2.00 bits per heavy atom. The molecule has 2 heterocycles. The molecule has 2 N–H and O–H groups in total. The van der Waals surface area contributed by atoms with E-state index in [9.17, 15) is 0 Å². The molecule has 1 saturated heterocycles. The highest BCUT2D eigenvalue weighted by Crippen LogP contribution is 2.41. The van der Waals surface area contributed by atoms with Crippen LogP contribution in [0.2, 0.25) is 0 Å². The highest BCUT2D eigenvalue weighted by molar-refractivity contribution is 5.85. The Balaban J connectivity index is 0.000001000. The average Bonchev–Trinajstić information content (AvgIpc) is 3.13. The molecule has 6 heteroatoms. The van der Waals surface area contributed by atoms with Gasteiger partial charge in [-0.05, 0) is 38.0 Å². The molecule has 0 radical (unpaired) electrons. The van der Waals surface area contributed by atoms with Gasteiger partial charge in [-0.3, -0.25) is 0 Å². The molecular weight excluding hydrogens is 295 g/mol. The van der Waals surface area contributed by atoms with Gasteiger partial charge in [0, 0.05) is 30.9 Å². The monoisotopic (exact) mass is 318 g/mol. The molecule has 2 aliphatic rings. The summed E-state index contributed by atoms with van der Waals surface area (Å²) in [6.07, 6.45) is 5.69. The number of halogens is 2. The molecule has 1 aromatic heterocycles. The zero-order chi connectivity index (χ0) is 12.7. The van der Waals surface area contributed by atoms with Crippen molar-refractivity contribution in [3.63, 3.8) is 0 Å². The highest BCUT2D eigenvalue weighted by Gasteiger charge is 2.41. The van der Waals surface area contributed by atoms with Crippen LogP contribution in [0.3, 0.4) is 0 Å². The van der Waals surface area contributed by atoms with Crippen LogP contribution < -0.4 is 10.6 Å². The van der Waals surface area contributed by atoms with Gasteiger partial charge in [-0.25, -0.2) is 9.97 Å². The van der Waals surface area contributed by atoms with Gasteiger partial charge in [-0.2, -0.15) is 0 Å². The molecule has 2 atom stereocenters. The zero-order valence-corrected chi connectivity index (χ0v) is 13.7. The van der Waals surface area contributed by atoms with Gasteiger partial charge in [0.15, 0.2) is 0 Å². The van der Waals surface area contributed by atoms with E-state index in [0.29, 0.717) is 12.0 Å². The summed E-state index contributed by atoms with van der Waals surface area (Å²) in [6, 6.07) is 0.317. The number of nitrogens with zero attached hydrogens (tertiary/aromatic N) is 3. The molecule has 0 bridgehead atoms. The van der Waals surface area contributed by atoms with Gasteiger partial charge in [-0.15, -0.1) is 24.8 Å². The molecule has 3 rings (SSSR count). The minimum atomic E-state index is 0. The molecule has 1 aliphatic carbocycles. The fourth-order valence-corrected chi connectivity index (χ4v) is 3.06. The van der Waals surface area contributed by atoms with E-state index in [1.807, 2.05) is 13.1 Å². The summed E-state index contributed by atoms with van der Waals surface area (Å²) in [5.74, 6) is 3.51. The van der Waals surface area contributed by atoms with E-state index < -0.39 is 0 Å². The molecule has 1 saturated carbocycles. The number of hydrogen-bond donors (Lipinski definition) is 1. The second-order valence-corrected chi connectivity index (χ2v) is 5.69. The number of aryl methyl sites for hydroxylation is 2. The smallest absolute Gasteiger partial charge is 0.135 e. The minimum Gasteiger partial charge on any atom is -0.354 e. The lowest BCUT2D eigenvalue weighted by atomic mass is 9.99. The standard InChI is InChI=1S/C14H22N4.2ClH/c1-3-10-6-16-9(2)17-14(10)18-7-12(11-4-5-11)13(15)8-18;;/h6,11-13H,3-5,7-8,15H2,1-2H3;2*1H/t12-,13+;;/m1../s1. The van der Waals surface area contributed by atoms with Crippen LogP contribution in [-0.2, 0) is 6.42 Å². The van der Waals surface area contributed by atoms with Crippen LogP contribution in [-0.4, -0.2) is 29.1 Å². The Labute approximate surface area is 133 Å². The second kappa shape index (κ2) is 6.92. The third kappa shape index (κ3) is 3.35. The van der Waals surface area contributed by atoms with Crippen LogP contribution >= 0.6 is 24.8 Å². The maximum atomic E-state index is 6.29. The summed E-state index contributed by atoms with van der Waals surface area (Å²) in [5, 5.41) is 0. The van der Waals surface area contributed by atoms with Gasteiger partial charge in [-0.1, -0.05) is 6.92 Å². The van der Waals surface area contributed by atoms with Crippen molar-refractivity contribution in [3.8, 4) is 0 Å². The molecule has 1 aromatic rings. The van der Waals surface area contributed by atoms with Crippen LogP contribution in [0.1, 0.15) is 31.2 Å². The fourth-order valence-electron chi connectivity index (χ4n) is 3.06. The first-order valence-corrected chi connectivity index (χ1v) is 7.02. The van der Waals surface area contributed by atoms with E-state index in [4.69, 9.17) is 5.73 Å². The van der Waals surface area contributed by atoms with E-state index >= 15 is 0 Å². The summed E-state index contributed by atoms with van der Waals surface area (Å²) >= 11 is 0. The topological polar surface area (TPSA) is 55.0 Å². The number of anilines is 1. The van der Waals surface area contributed by atoms with Gasteiger partial charge in [0.05, 0.1) is 0 Å². The molecule has 20 heavy (non-hydrogen) atoms. The lowest BCUT2D eigenvalue weighted by molar-refractivity contribution is 0.456.